The summed E-state index contributed by atoms with van der Waals surface area (Å²) in [5.41, 5.74) is 2.70. The number of benzene rings is 2. The van der Waals surface area contributed by atoms with E-state index < -0.39 is 0 Å². The van der Waals surface area contributed by atoms with Crippen molar-refractivity contribution in [3.63, 3.8) is 0 Å². The lowest BCUT2D eigenvalue weighted by Gasteiger charge is -2.35. The van der Waals surface area contributed by atoms with Crippen molar-refractivity contribution in [2.24, 2.45) is 0 Å². The smallest absolute Gasteiger partial charge is 0.123 e. The van der Waals surface area contributed by atoms with Gasteiger partial charge in [-0.3, -0.25) is 9.80 Å². The molecule has 0 amide bonds. The van der Waals surface area contributed by atoms with Crippen LogP contribution in [-0.2, 0) is 13.1 Å². The topological polar surface area (TPSA) is 15.7 Å². The van der Waals surface area contributed by atoms with Gasteiger partial charge in [-0.25, -0.2) is 0 Å². The summed E-state index contributed by atoms with van der Waals surface area (Å²) in [6.07, 6.45) is 0. The Balaban J connectivity index is 1.51. The first-order valence-electron chi connectivity index (χ1n) is 8.54. The first kappa shape index (κ1) is 16.0. The standard InChI is InChI=1S/C20H26N2O/c1-2-23-20-11-7-6-10-19(20)17-22-14-12-21(13-15-22)16-18-8-4-3-5-9-18/h3-11H,2,12-17H2,1H3. The Kier molecular flexibility index (Phi) is 5.67. The number of rotatable bonds is 6. The second kappa shape index (κ2) is 8.14. The molecule has 1 saturated heterocycles. The minimum Gasteiger partial charge on any atom is -0.494 e. The van der Waals surface area contributed by atoms with Gasteiger partial charge >= 0.3 is 0 Å². The molecule has 0 atom stereocenters. The maximum Gasteiger partial charge on any atom is 0.123 e. The molecule has 0 aliphatic carbocycles. The Bertz CT molecular complexity index is 592. The van der Waals surface area contributed by atoms with Crippen LogP contribution in [0.4, 0.5) is 0 Å². The SMILES string of the molecule is CCOc1ccccc1CN1CCN(Cc2ccccc2)CC1. The van der Waals surface area contributed by atoms with Crippen molar-refractivity contribution in [2.75, 3.05) is 32.8 Å². The van der Waals surface area contributed by atoms with Gasteiger partial charge in [-0.2, -0.15) is 0 Å². The highest BCUT2D eigenvalue weighted by molar-refractivity contribution is 5.33. The van der Waals surface area contributed by atoms with Gasteiger partial charge in [-0.05, 0) is 18.6 Å². The van der Waals surface area contributed by atoms with E-state index in [0.29, 0.717) is 0 Å². The van der Waals surface area contributed by atoms with Gasteiger partial charge in [0.25, 0.3) is 0 Å². The van der Waals surface area contributed by atoms with Gasteiger partial charge in [-0.15, -0.1) is 0 Å². The summed E-state index contributed by atoms with van der Waals surface area (Å²) in [7, 11) is 0. The van der Waals surface area contributed by atoms with Crippen molar-refractivity contribution in [1.29, 1.82) is 0 Å². The number of nitrogens with zero attached hydrogens (tertiary/aromatic N) is 2. The quantitative estimate of drug-likeness (QED) is 0.813. The van der Waals surface area contributed by atoms with Gasteiger partial charge in [0.05, 0.1) is 6.61 Å². The summed E-state index contributed by atoms with van der Waals surface area (Å²) in [4.78, 5) is 5.07. The number of ether oxygens (including phenoxy) is 1. The van der Waals surface area contributed by atoms with E-state index in [0.717, 1.165) is 51.6 Å². The van der Waals surface area contributed by atoms with Crippen LogP contribution < -0.4 is 4.74 Å². The van der Waals surface area contributed by atoms with E-state index in [1.807, 2.05) is 13.0 Å². The lowest BCUT2D eigenvalue weighted by atomic mass is 10.1. The van der Waals surface area contributed by atoms with E-state index >= 15 is 0 Å². The summed E-state index contributed by atoms with van der Waals surface area (Å²) in [6.45, 7) is 9.30. The molecular weight excluding hydrogens is 284 g/mol. The fourth-order valence-electron chi connectivity index (χ4n) is 3.12. The third-order valence-corrected chi connectivity index (χ3v) is 4.38. The highest BCUT2D eigenvalue weighted by Gasteiger charge is 2.18. The molecule has 0 bridgehead atoms. The molecule has 23 heavy (non-hydrogen) atoms. The average Bonchev–Trinajstić information content (AvgIpc) is 2.60. The predicted octanol–water partition coefficient (Wildman–Crippen LogP) is 3.40. The number of para-hydroxylation sites is 1. The molecule has 0 spiro atoms. The zero-order valence-corrected chi connectivity index (χ0v) is 13.9. The van der Waals surface area contributed by atoms with Gasteiger partial charge in [0.1, 0.15) is 5.75 Å². The molecule has 1 heterocycles. The first-order chi connectivity index (χ1) is 11.3. The second-order valence-electron chi connectivity index (χ2n) is 6.08. The molecule has 0 N–H and O–H groups in total. The van der Waals surface area contributed by atoms with Crippen molar-refractivity contribution in [1.82, 2.24) is 9.80 Å². The summed E-state index contributed by atoms with van der Waals surface area (Å²) in [5, 5.41) is 0. The molecule has 1 aliphatic heterocycles. The van der Waals surface area contributed by atoms with Crippen LogP contribution in [0.2, 0.25) is 0 Å². The Labute approximate surface area is 139 Å². The lowest BCUT2D eigenvalue weighted by Crippen LogP contribution is -2.45. The maximum atomic E-state index is 5.74. The molecule has 0 aromatic heterocycles. The van der Waals surface area contributed by atoms with Crippen LogP contribution in [0.3, 0.4) is 0 Å². The third-order valence-electron chi connectivity index (χ3n) is 4.38. The van der Waals surface area contributed by atoms with Crippen LogP contribution in [0.25, 0.3) is 0 Å². The average molecular weight is 310 g/mol. The zero-order valence-electron chi connectivity index (χ0n) is 13.9. The summed E-state index contributed by atoms with van der Waals surface area (Å²) >= 11 is 0. The summed E-state index contributed by atoms with van der Waals surface area (Å²) in [5.74, 6) is 1.03. The van der Waals surface area contributed by atoms with Crippen LogP contribution in [0.5, 0.6) is 5.75 Å². The lowest BCUT2D eigenvalue weighted by molar-refractivity contribution is 0.121. The fraction of sp³-hybridized carbons (Fsp3) is 0.400. The maximum absolute atomic E-state index is 5.74. The minimum atomic E-state index is 0.724. The van der Waals surface area contributed by atoms with E-state index in [2.05, 4.69) is 58.3 Å². The zero-order chi connectivity index (χ0) is 15.9. The van der Waals surface area contributed by atoms with Gasteiger partial charge in [0, 0.05) is 44.8 Å². The van der Waals surface area contributed by atoms with Crippen molar-refractivity contribution in [3.8, 4) is 5.75 Å². The largest absolute Gasteiger partial charge is 0.494 e. The Morgan fingerprint density at radius 1 is 0.783 bits per heavy atom. The first-order valence-corrected chi connectivity index (χ1v) is 8.54. The molecule has 3 nitrogen and oxygen atoms in total. The monoisotopic (exact) mass is 310 g/mol. The highest BCUT2D eigenvalue weighted by atomic mass is 16.5. The van der Waals surface area contributed by atoms with E-state index in [4.69, 9.17) is 4.74 Å². The molecule has 3 rings (SSSR count). The Morgan fingerprint density at radius 2 is 1.39 bits per heavy atom. The van der Waals surface area contributed by atoms with Crippen molar-refractivity contribution in [3.05, 3.63) is 65.7 Å². The van der Waals surface area contributed by atoms with Crippen LogP contribution in [0.1, 0.15) is 18.1 Å². The molecule has 0 saturated carbocycles. The number of piperazine rings is 1. The van der Waals surface area contributed by atoms with Gasteiger partial charge in [0.2, 0.25) is 0 Å². The molecule has 0 radical (unpaired) electrons. The third kappa shape index (κ3) is 4.57. The van der Waals surface area contributed by atoms with Crippen molar-refractivity contribution >= 4 is 0 Å². The molecule has 122 valence electrons. The van der Waals surface area contributed by atoms with Gasteiger partial charge in [0.15, 0.2) is 0 Å². The fourth-order valence-corrected chi connectivity index (χ4v) is 3.12. The molecule has 3 heteroatoms. The van der Waals surface area contributed by atoms with Gasteiger partial charge in [-0.1, -0.05) is 48.5 Å². The predicted molar refractivity (Wildman–Crippen MR) is 94.6 cm³/mol. The molecular formula is C20H26N2O. The normalized spacial score (nSPS) is 16.4. The van der Waals surface area contributed by atoms with Crippen LogP contribution >= 0.6 is 0 Å². The molecule has 1 aliphatic rings. The Hall–Kier alpha value is -1.84. The van der Waals surface area contributed by atoms with E-state index in [1.54, 1.807) is 0 Å². The number of hydrogen-bond acceptors (Lipinski definition) is 3. The van der Waals surface area contributed by atoms with Crippen molar-refractivity contribution < 1.29 is 4.74 Å². The minimum absolute atomic E-state index is 0.724. The summed E-state index contributed by atoms with van der Waals surface area (Å²) in [6, 6.07) is 19.2. The molecule has 1 fully saturated rings. The van der Waals surface area contributed by atoms with E-state index in [-0.39, 0.29) is 0 Å². The second-order valence-corrected chi connectivity index (χ2v) is 6.08. The molecule has 0 unspecified atom stereocenters. The van der Waals surface area contributed by atoms with E-state index in [9.17, 15) is 0 Å². The summed E-state index contributed by atoms with van der Waals surface area (Å²) < 4.78 is 5.74. The van der Waals surface area contributed by atoms with Gasteiger partial charge < -0.3 is 4.74 Å². The van der Waals surface area contributed by atoms with E-state index in [1.165, 1.54) is 11.1 Å². The molecule has 2 aromatic rings. The Morgan fingerprint density at radius 3 is 2.09 bits per heavy atom. The van der Waals surface area contributed by atoms with Crippen LogP contribution in [0, 0.1) is 0 Å². The van der Waals surface area contributed by atoms with Crippen LogP contribution in [0.15, 0.2) is 54.6 Å². The van der Waals surface area contributed by atoms with Crippen molar-refractivity contribution in [2.45, 2.75) is 20.0 Å². The van der Waals surface area contributed by atoms with Crippen LogP contribution in [-0.4, -0.2) is 42.6 Å². The number of hydrogen-bond donors (Lipinski definition) is 0. The molecule has 2 aromatic carbocycles. The highest BCUT2D eigenvalue weighted by Crippen LogP contribution is 2.20.